The molecule has 8 heteroatoms. The molecule has 140 valence electrons. The van der Waals surface area contributed by atoms with Crippen LogP contribution in [0.25, 0.3) is 0 Å². The van der Waals surface area contributed by atoms with Crippen LogP contribution in [0.3, 0.4) is 0 Å². The van der Waals surface area contributed by atoms with Crippen LogP contribution in [0.15, 0.2) is 54.5 Å². The zero-order chi connectivity index (χ0) is 19.4. The SMILES string of the molecule is CC1(C)OC(=O)C(=CNc2cc(F)ccc2OCc2ccncc2)C(=O)O1. The first-order valence-electron chi connectivity index (χ1n) is 8.09. The number of hydrogen-bond acceptors (Lipinski definition) is 7. The molecule has 2 aromatic rings. The summed E-state index contributed by atoms with van der Waals surface area (Å²) in [5.41, 5.74) is 0.779. The smallest absolute Gasteiger partial charge is 0.350 e. The summed E-state index contributed by atoms with van der Waals surface area (Å²) in [7, 11) is 0. The molecule has 0 spiro atoms. The van der Waals surface area contributed by atoms with Gasteiger partial charge in [-0.2, -0.15) is 0 Å². The summed E-state index contributed by atoms with van der Waals surface area (Å²) in [6.07, 6.45) is 4.37. The summed E-state index contributed by atoms with van der Waals surface area (Å²) < 4.78 is 29.3. The maximum atomic E-state index is 13.6. The van der Waals surface area contributed by atoms with Crippen molar-refractivity contribution in [2.45, 2.75) is 26.2 Å². The van der Waals surface area contributed by atoms with E-state index in [1.165, 1.54) is 32.0 Å². The molecule has 0 bridgehead atoms. The van der Waals surface area contributed by atoms with E-state index in [2.05, 4.69) is 10.3 Å². The third-order valence-corrected chi connectivity index (χ3v) is 3.57. The highest BCUT2D eigenvalue weighted by molar-refractivity contribution is 6.15. The van der Waals surface area contributed by atoms with Gasteiger partial charge in [-0.3, -0.25) is 4.98 Å². The number of hydrogen-bond donors (Lipinski definition) is 1. The van der Waals surface area contributed by atoms with Crippen molar-refractivity contribution in [2.24, 2.45) is 0 Å². The largest absolute Gasteiger partial charge is 0.487 e. The topological polar surface area (TPSA) is 86.8 Å². The summed E-state index contributed by atoms with van der Waals surface area (Å²) in [5, 5.41) is 2.71. The van der Waals surface area contributed by atoms with Gasteiger partial charge in [0.25, 0.3) is 5.79 Å². The van der Waals surface area contributed by atoms with Crippen molar-refractivity contribution in [3.63, 3.8) is 0 Å². The maximum Gasteiger partial charge on any atom is 0.350 e. The van der Waals surface area contributed by atoms with Gasteiger partial charge in [0.05, 0.1) is 5.69 Å². The highest BCUT2D eigenvalue weighted by atomic mass is 19.1. The lowest BCUT2D eigenvalue weighted by molar-refractivity contribution is -0.222. The fourth-order valence-corrected chi connectivity index (χ4v) is 2.31. The van der Waals surface area contributed by atoms with Crippen molar-refractivity contribution in [3.8, 4) is 5.75 Å². The number of benzene rings is 1. The third kappa shape index (κ3) is 4.60. The lowest BCUT2D eigenvalue weighted by atomic mass is 10.2. The number of nitrogens with one attached hydrogen (secondary N) is 1. The zero-order valence-electron chi connectivity index (χ0n) is 14.7. The molecule has 1 N–H and O–H groups in total. The molecule has 0 saturated carbocycles. The average Bonchev–Trinajstić information content (AvgIpc) is 2.60. The fraction of sp³-hybridized carbons (Fsp3) is 0.211. The maximum absolute atomic E-state index is 13.6. The molecule has 0 amide bonds. The van der Waals surface area contributed by atoms with Gasteiger partial charge in [0, 0.05) is 38.5 Å². The summed E-state index contributed by atoms with van der Waals surface area (Å²) in [6.45, 7) is 3.13. The molecule has 1 aromatic heterocycles. The zero-order valence-corrected chi connectivity index (χ0v) is 14.7. The second-order valence-corrected chi connectivity index (χ2v) is 6.17. The number of esters is 2. The van der Waals surface area contributed by atoms with Crippen molar-refractivity contribution in [1.82, 2.24) is 4.98 Å². The van der Waals surface area contributed by atoms with E-state index in [0.29, 0.717) is 5.75 Å². The summed E-state index contributed by atoms with van der Waals surface area (Å²) in [5.74, 6) is -3.17. The minimum Gasteiger partial charge on any atom is -0.487 e. The fourth-order valence-electron chi connectivity index (χ4n) is 2.31. The molecular weight excluding hydrogens is 355 g/mol. The van der Waals surface area contributed by atoms with Crippen LogP contribution in [-0.4, -0.2) is 22.7 Å². The Labute approximate surface area is 154 Å². The minimum absolute atomic E-state index is 0.234. The molecule has 1 aliphatic heterocycles. The summed E-state index contributed by atoms with van der Waals surface area (Å²) >= 11 is 0. The Morgan fingerprint density at radius 3 is 2.48 bits per heavy atom. The number of pyridine rings is 1. The molecule has 2 heterocycles. The van der Waals surface area contributed by atoms with Crippen molar-refractivity contribution in [2.75, 3.05) is 5.32 Å². The van der Waals surface area contributed by atoms with Gasteiger partial charge in [-0.25, -0.2) is 14.0 Å². The van der Waals surface area contributed by atoms with Crippen molar-refractivity contribution >= 4 is 17.6 Å². The number of cyclic esters (lactones) is 2. The number of carbonyl (C=O) groups is 2. The second kappa shape index (κ2) is 7.45. The molecule has 7 nitrogen and oxygen atoms in total. The molecule has 1 aliphatic rings. The number of rotatable bonds is 5. The van der Waals surface area contributed by atoms with Crippen molar-refractivity contribution in [1.29, 1.82) is 0 Å². The number of anilines is 1. The van der Waals surface area contributed by atoms with Gasteiger partial charge < -0.3 is 19.5 Å². The molecule has 0 atom stereocenters. The van der Waals surface area contributed by atoms with Gasteiger partial charge in [-0.05, 0) is 29.8 Å². The number of carbonyl (C=O) groups excluding carboxylic acids is 2. The first-order valence-corrected chi connectivity index (χ1v) is 8.09. The standard InChI is InChI=1S/C19H17FN2O5/c1-19(2)26-17(23)14(18(24)27-19)10-22-15-9-13(20)3-4-16(15)25-11-12-5-7-21-8-6-12/h3-10,22H,11H2,1-2H3. The molecule has 3 rings (SSSR count). The van der Waals surface area contributed by atoms with Crippen LogP contribution >= 0.6 is 0 Å². The predicted molar refractivity (Wildman–Crippen MR) is 92.9 cm³/mol. The normalized spacial score (nSPS) is 15.6. The van der Waals surface area contributed by atoms with Crippen LogP contribution in [0.2, 0.25) is 0 Å². The molecular formula is C19H17FN2O5. The number of ether oxygens (including phenoxy) is 3. The van der Waals surface area contributed by atoms with Gasteiger partial charge in [0.1, 0.15) is 18.2 Å². The van der Waals surface area contributed by atoms with Crippen LogP contribution in [-0.2, 0) is 25.7 Å². The molecule has 0 aliphatic carbocycles. The predicted octanol–water partition coefficient (Wildman–Crippen LogP) is 2.93. The van der Waals surface area contributed by atoms with E-state index < -0.39 is 23.5 Å². The summed E-state index contributed by atoms with van der Waals surface area (Å²) in [6, 6.07) is 7.44. The van der Waals surface area contributed by atoms with Crippen molar-refractivity contribution < 1.29 is 28.2 Å². The van der Waals surface area contributed by atoms with Gasteiger partial charge in [0.15, 0.2) is 5.57 Å². The van der Waals surface area contributed by atoms with E-state index in [1.807, 2.05) is 0 Å². The van der Waals surface area contributed by atoms with Gasteiger partial charge in [-0.15, -0.1) is 0 Å². The molecule has 1 saturated heterocycles. The highest BCUT2D eigenvalue weighted by Crippen LogP contribution is 2.28. The Bertz CT molecular complexity index is 874. The van der Waals surface area contributed by atoms with Gasteiger partial charge in [-0.1, -0.05) is 0 Å². The van der Waals surface area contributed by atoms with Crippen molar-refractivity contribution in [3.05, 3.63) is 65.9 Å². The number of halogens is 1. The Morgan fingerprint density at radius 2 is 1.81 bits per heavy atom. The minimum atomic E-state index is -1.33. The lowest BCUT2D eigenvalue weighted by Gasteiger charge is -2.29. The van der Waals surface area contributed by atoms with E-state index in [0.717, 1.165) is 11.8 Å². The molecule has 0 radical (unpaired) electrons. The molecule has 1 aromatic carbocycles. The van der Waals surface area contributed by atoms with E-state index in [-0.39, 0.29) is 17.9 Å². The summed E-state index contributed by atoms with van der Waals surface area (Å²) in [4.78, 5) is 27.8. The van der Waals surface area contributed by atoms with Crippen LogP contribution in [0, 0.1) is 5.82 Å². The molecule has 0 unspecified atom stereocenters. The van der Waals surface area contributed by atoms with E-state index in [9.17, 15) is 14.0 Å². The quantitative estimate of drug-likeness (QED) is 0.490. The lowest BCUT2D eigenvalue weighted by Crippen LogP contribution is -2.42. The van der Waals surface area contributed by atoms with E-state index in [4.69, 9.17) is 14.2 Å². The Morgan fingerprint density at radius 1 is 1.15 bits per heavy atom. The Hall–Kier alpha value is -3.42. The number of aromatic nitrogens is 1. The average molecular weight is 372 g/mol. The van der Waals surface area contributed by atoms with Gasteiger partial charge in [0.2, 0.25) is 0 Å². The second-order valence-electron chi connectivity index (χ2n) is 6.17. The Kier molecular flexibility index (Phi) is 5.07. The van der Waals surface area contributed by atoms with Gasteiger partial charge >= 0.3 is 11.9 Å². The highest BCUT2D eigenvalue weighted by Gasteiger charge is 2.39. The Balaban J connectivity index is 1.77. The van der Waals surface area contributed by atoms with Crippen LogP contribution in [0.1, 0.15) is 19.4 Å². The first kappa shape index (κ1) is 18.4. The third-order valence-electron chi connectivity index (χ3n) is 3.57. The van der Waals surface area contributed by atoms with E-state index in [1.54, 1.807) is 24.5 Å². The van der Waals surface area contributed by atoms with Crippen LogP contribution < -0.4 is 10.1 Å². The van der Waals surface area contributed by atoms with E-state index >= 15 is 0 Å². The molecule has 27 heavy (non-hydrogen) atoms. The van der Waals surface area contributed by atoms with Crippen LogP contribution in [0.4, 0.5) is 10.1 Å². The molecule has 1 fully saturated rings. The number of nitrogens with zero attached hydrogens (tertiary/aromatic N) is 1. The first-order chi connectivity index (χ1) is 12.8. The van der Waals surface area contributed by atoms with Crippen LogP contribution in [0.5, 0.6) is 5.75 Å². The monoisotopic (exact) mass is 372 g/mol.